The Kier molecular flexibility index (Phi) is 6.55. The first kappa shape index (κ1) is 17.4. The highest BCUT2D eigenvalue weighted by Gasteiger charge is 2.12. The van der Waals surface area contributed by atoms with E-state index in [1.807, 2.05) is 18.2 Å². The fourth-order valence-corrected chi connectivity index (χ4v) is 2.60. The lowest BCUT2D eigenvalue weighted by molar-refractivity contribution is -0.120. The highest BCUT2D eigenvalue weighted by Crippen LogP contribution is 2.20. The van der Waals surface area contributed by atoms with Crippen molar-refractivity contribution in [2.24, 2.45) is 0 Å². The summed E-state index contributed by atoms with van der Waals surface area (Å²) in [5.74, 6) is 1.00. The van der Waals surface area contributed by atoms with Gasteiger partial charge in [0.25, 0.3) is 0 Å². The van der Waals surface area contributed by atoms with Gasteiger partial charge in [0, 0.05) is 32.7 Å². The van der Waals surface area contributed by atoms with Crippen LogP contribution in [0.5, 0.6) is 0 Å². The second-order valence-electron chi connectivity index (χ2n) is 5.75. The van der Waals surface area contributed by atoms with Crippen molar-refractivity contribution in [3.8, 4) is 0 Å². The van der Waals surface area contributed by atoms with Crippen molar-refractivity contribution in [2.45, 2.75) is 26.3 Å². The predicted molar refractivity (Wildman–Crippen MR) is 91.6 cm³/mol. The SMILES string of the molecule is COCCNCC(=O)NCCc1nc2ccccc2n1C(C)C. The Morgan fingerprint density at radius 1 is 1.30 bits per heavy atom. The maximum atomic E-state index is 11.7. The Balaban J connectivity index is 1.89. The van der Waals surface area contributed by atoms with Crippen LogP contribution in [0.25, 0.3) is 11.0 Å². The van der Waals surface area contributed by atoms with Crippen molar-refractivity contribution in [3.63, 3.8) is 0 Å². The summed E-state index contributed by atoms with van der Waals surface area (Å²) in [6, 6.07) is 8.47. The monoisotopic (exact) mass is 318 g/mol. The Bertz CT molecular complexity index is 637. The third kappa shape index (κ3) is 4.77. The number of hydrogen-bond acceptors (Lipinski definition) is 4. The Morgan fingerprint density at radius 2 is 2.09 bits per heavy atom. The number of benzene rings is 1. The molecule has 0 aliphatic carbocycles. The molecule has 0 fully saturated rings. The predicted octanol–water partition coefficient (Wildman–Crippen LogP) is 1.51. The quantitative estimate of drug-likeness (QED) is 0.688. The molecule has 0 saturated carbocycles. The summed E-state index contributed by atoms with van der Waals surface area (Å²) < 4.78 is 7.16. The molecule has 2 N–H and O–H groups in total. The molecule has 1 amide bonds. The Morgan fingerprint density at radius 3 is 2.83 bits per heavy atom. The largest absolute Gasteiger partial charge is 0.383 e. The van der Waals surface area contributed by atoms with Crippen LogP contribution in [-0.2, 0) is 16.0 Å². The number of para-hydroxylation sites is 2. The first-order chi connectivity index (χ1) is 11.1. The number of carbonyl (C=O) groups excluding carboxylic acids is 1. The number of aromatic nitrogens is 2. The number of fused-ring (bicyclic) bond motifs is 1. The van der Waals surface area contributed by atoms with Crippen LogP contribution >= 0.6 is 0 Å². The van der Waals surface area contributed by atoms with Crippen LogP contribution in [0.15, 0.2) is 24.3 Å². The van der Waals surface area contributed by atoms with E-state index in [0.29, 0.717) is 32.3 Å². The third-order valence-electron chi connectivity index (χ3n) is 3.62. The lowest BCUT2D eigenvalue weighted by Crippen LogP contribution is -2.36. The van der Waals surface area contributed by atoms with Crippen LogP contribution in [0, 0.1) is 0 Å². The number of hydrogen-bond donors (Lipinski definition) is 2. The molecule has 126 valence electrons. The van der Waals surface area contributed by atoms with Crippen molar-refractivity contribution in [2.75, 3.05) is 33.4 Å². The van der Waals surface area contributed by atoms with Crippen LogP contribution in [0.2, 0.25) is 0 Å². The van der Waals surface area contributed by atoms with E-state index in [-0.39, 0.29) is 5.91 Å². The van der Waals surface area contributed by atoms with Gasteiger partial charge in [-0.05, 0) is 26.0 Å². The molecule has 0 spiro atoms. The molecule has 0 aliphatic heterocycles. The van der Waals surface area contributed by atoms with E-state index in [4.69, 9.17) is 9.72 Å². The van der Waals surface area contributed by atoms with Crippen molar-refractivity contribution in [1.29, 1.82) is 0 Å². The molecule has 0 radical (unpaired) electrons. The van der Waals surface area contributed by atoms with Gasteiger partial charge in [-0.2, -0.15) is 0 Å². The van der Waals surface area contributed by atoms with Gasteiger partial charge in [-0.3, -0.25) is 4.79 Å². The summed E-state index contributed by atoms with van der Waals surface area (Å²) in [6.07, 6.45) is 0.719. The van der Waals surface area contributed by atoms with Gasteiger partial charge in [0.1, 0.15) is 5.82 Å². The maximum absolute atomic E-state index is 11.7. The molecular formula is C17H26N4O2. The Labute approximate surface area is 137 Å². The van der Waals surface area contributed by atoms with Crippen molar-refractivity contribution >= 4 is 16.9 Å². The average molecular weight is 318 g/mol. The smallest absolute Gasteiger partial charge is 0.233 e. The molecule has 0 saturated heterocycles. The molecule has 6 heteroatoms. The fourth-order valence-electron chi connectivity index (χ4n) is 2.60. The van der Waals surface area contributed by atoms with E-state index in [2.05, 4.69) is 35.1 Å². The van der Waals surface area contributed by atoms with E-state index in [1.165, 1.54) is 0 Å². The van der Waals surface area contributed by atoms with Crippen molar-refractivity contribution < 1.29 is 9.53 Å². The minimum absolute atomic E-state index is 0.00619. The molecule has 0 aliphatic rings. The van der Waals surface area contributed by atoms with Gasteiger partial charge in [0.2, 0.25) is 5.91 Å². The van der Waals surface area contributed by atoms with Crippen LogP contribution in [-0.4, -0.2) is 48.8 Å². The summed E-state index contributed by atoms with van der Waals surface area (Å²) in [6.45, 7) is 6.47. The summed E-state index contributed by atoms with van der Waals surface area (Å²) in [7, 11) is 1.64. The first-order valence-electron chi connectivity index (χ1n) is 8.05. The summed E-state index contributed by atoms with van der Waals surface area (Å²) in [4.78, 5) is 16.4. The number of ether oxygens (including phenoxy) is 1. The van der Waals surface area contributed by atoms with Crippen molar-refractivity contribution in [1.82, 2.24) is 20.2 Å². The van der Waals surface area contributed by atoms with Crippen LogP contribution in [0.1, 0.15) is 25.7 Å². The van der Waals surface area contributed by atoms with Crippen LogP contribution in [0.3, 0.4) is 0 Å². The van der Waals surface area contributed by atoms with Gasteiger partial charge < -0.3 is 19.9 Å². The number of rotatable bonds is 9. The van der Waals surface area contributed by atoms with Gasteiger partial charge in [0.15, 0.2) is 0 Å². The molecule has 1 heterocycles. The second-order valence-corrected chi connectivity index (χ2v) is 5.75. The molecule has 0 atom stereocenters. The molecule has 1 aromatic carbocycles. The molecule has 2 rings (SSSR count). The van der Waals surface area contributed by atoms with Gasteiger partial charge >= 0.3 is 0 Å². The van der Waals surface area contributed by atoms with Gasteiger partial charge in [-0.15, -0.1) is 0 Å². The minimum atomic E-state index is -0.00619. The van der Waals surface area contributed by atoms with Gasteiger partial charge in [-0.25, -0.2) is 4.98 Å². The van der Waals surface area contributed by atoms with E-state index in [9.17, 15) is 4.79 Å². The third-order valence-corrected chi connectivity index (χ3v) is 3.62. The topological polar surface area (TPSA) is 68.2 Å². The highest BCUT2D eigenvalue weighted by molar-refractivity contribution is 5.78. The molecule has 23 heavy (non-hydrogen) atoms. The Hall–Kier alpha value is -1.92. The van der Waals surface area contributed by atoms with Crippen molar-refractivity contribution in [3.05, 3.63) is 30.1 Å². The fraction of sp³-hybridized carbons (Fsp3) is 0.529. The molecule has 0 bridgehead atoms. The van der Waals surface area contributed by atoms with Gasteiger partial charge in [-0.1, -0.05) is 12.1 Å². The molecule has 1 aromatic heterocycles. The number of nitrogens with one attached hydrogen (secondary N) is 2. The molecule has 6 nitrogen and oxygen atoms in total. The molecule has 0 unspecified atom stereocenters. The summed E-state index contributed by atoms with van der Waals surface area (Å²) in [5.41, 5.74) is 2.15. The first-order valence-corrected chi connectivity index (χ1v) is 8.05. The highest BCUT2D eigenvalue weighted by atomic mass is 16.5. The number of nitrogens with zero attached hydrogens (tertiary/aromatic N) is 2. The van der Waals surface area contributed by atoms with E-state index < -0.39 is 0 Å². The number of amides is 1. The van der Waals surface area contributed by atoms with E-state index >= 15 is 0 Å². The lowest BCUT2D eigenvalue weighted by Gasteiger charge is -2.13. The number of methoxy groups -OCH3 is 1. The summed E-state index contributed by atoms with van der Waals surface area (Å²) >= 11 is 0. The van der Waals surface area contributed by atoms with Crippen LogP contribution < -0.4 is 10.6 Å². The maximum Gasteiger partial charge on any atom is 0.233 e. The van der Waals surface area contributed by atoms with E-state index in [0.717, 1.165) is 23.3 Å². The standard InChI is InChI=1S/C17H26N4O2/c1-13(2)21-15-7-5-4-6-14(15)20-16(21)8-9-19-17(22)12-18-10-11-23-3/h4-7,13,18H,8-12H2,1-3H3,(H,19,22). The number of imidazole rings is 1. The normalized spacial score (nSPS) is 11.3. The second kappa shape index (κ2) is 8.64. The zero-order chi connectivity index (χ0) is 16.7. The molecular weight excluding hydrogens is 292 g/mol. The van der Waals surface area contributed by atoms with Crippen LogP contribution in [0.4, 0.5) is 0 Å². The van der Waals surface area contributed by atoms with Gasteiger partial charge in [0.05, 0.1) is 24.2 Å². The summed E-state index contributed by atoms with van der Waals surface area (Å²) in [5, 5.41) is 5.95. The molecule has 2 aromatic rings. The average Bonchev–Trinajstić information content (AvgIpc) is 2.90. The minimum Gasteiger partial charge on any atom is -0.383 e. The van der Waals surface area contributed by atoms with E-state index in [1.54, 1.807) is 7.11 Å². The zero-order valence-corrected chi connectivity index (χ0v) is 14.1. The number of carbonyl (C=O) groups is 1. The zero-order valence-electron chi connectivity index (χ0n) is 14.1. The lowest BCUT2D eigenvalue weighted by atomic mass is 10.3.